The van der Waals surface area contributed by atoms with Gasteiger partial charge in [-0.3, -0.25) is 28.7 Å². The number of carbonyl (C=O) groups excluding carboxylic acids is 2. The second-order valence-corrected chi connectivity index (χ2v) is 13.0. The first-order valence-corrected chi connectivity index (χ1v) is 16.4. The van der Waals surface area contributed by atoms with Gasteiger partial charge in [0.15, 0.2) is 0 Å². The van der Waals surface area contributed by atoms with Crippen molar-refractivity contribution >= 4 is 56.0 Å². The average Bonchev–Trinajstić information content (AvgIpc) is 3.01. The number of hydrogen-bond acceptors (Lipinski definition) is 11. The number of aromatic nitrogens is 1. The highest BCUT2D eigenvalue weighted by atomic mass is 35.5. The predicted octanol–water partition coefficient (Wildman–Crippen LogP) is 6.20. The van der Waals surface area contributed by atoms with E-state index in [1.807, 2.05) is 0 Å². The Kier molecular flexibility index (Phi) is 13.7. The monoisotopic (exact) mass is 691 g/mol. The van der Waals surface area contributed by atoms with Gasteiger partial charge in [0.1, 0.15) is 30.2 Å². The van der Waals surface area contributed by atoms with E-state index in [4.69, 9.17) is 34.4 Å². The lowest BCUT2D eigenvalue weighted by molar-refractivity contribution is -0.137. The average molecular weight is 692 g/mol. The van der Waals surface area contributed by atoms with E-state index in [-0.39, 0.29) is 30.0 Å². The number of fused-ring (bicyclic) bond motifs is 1. The zero-order valence-corrected chi connectivity index (χ0v) is 27.2. The van der Waals surface area contributed by atoms with Crippen LogP contribution in [0.5, 0.6) is 0 Å². The van der Waals surface area contributed by atoms with E-state index in [0.717, 1.165) is 19.2 Å². The number of carbonyl (C=O) groups is 2. The van der Waals surface area contributed by atoms with Gasteiger partial charge in [0.25, 0.3) is 0 Å². The van der Waals surface area contributed by atoms with E-state index in [1.54, 1.807) is 6.07 Å². The molecule has 0 spiro atoms. The van der Waals surface area contributed by atoms with Gasteiger partial charge in [-0.1, -0.05) is 23.7 Å². The number of pyridine rings is 1. The summed E-state index contributed by atoms with van der Waals surface area (Å²) >= 11 is 6.07. The fourth-order valence-electron chi connectivity index (χ4n) is 4.13. The summed E-state index contributed by atoms with van der Waals surface area (Å²) in [5.41, 5.74) is 3.17. The molecular formula is C27H32ClF2N4O9P2+. The summed E-state index contributed by atoms with van der Waals surface area (Å²) in [6.45, 7) is 0.612. The Bertz CT molecular complexity index is 1560. The van der Waals surface area contributed by atoms with Crippen LogP contribution in [0.3, 0.4) is 0 Å². The van der Waals surface area contributed by atoms with Gasteiger partial charge in [0.2, 0.25) is 12.1 Å². The molecule has 2 amide bonds. The zero-order valence-electron chi connectivity index (χ0n) is 24.7. The number of amides is 2. The Labute approximate surface area is 263 Å². The molecule has 3 aromatic rings. The lowest BCUT2D eigenvalue weighted by Crippen LogP contribution is -2.52. The van der Waals surface area contributed by atoms with E-state index >= 15 is 0 Å². The molecule has 2 unspecified atom stereocenters. The highest BCUT2D eigenvalue weighted by Crippen LogP contribution is 2.50. The van der Waals surface area contributed by atoms with Crippen molar-refractivity contribution in [2.24, 2.45) is 0 Å². The minimum absolute atomic E-state index is 0.0661. The van der Waals surface area contributed by atoms with Gasteiger partial charge in [0, 0.05) is 45.7 Å². The van der Waals surface area contributed by atoms with Crippen LogP contribution in [0.2, 0.25) is 5.02 Å². The molecule has 2 N–H and O–H groups in total. The van der Waals surface area contributed by atoms with Crippen LogP contribution in [0, 0.1) is 11.6 Å². The molecule has 0 radical (unpaired) electrons. The quantitative estimate of drug-likeness (QED) is 0.130. The van der Waals surface area contributed by atoms with Crippen LogP contribution < -0.4 is 10.7 Å². The third kappa shape index (κ3) is 10.7. The lowest BCUT2D eigenvalue weighted by atomic mass is 10.1. The fraction of sp³-hybridized carbons (Fsp3) is 0.370. The number of benzene rings is 2. The van der Waals surface area contributed by atoms with Crippen LogP contribution in [0.15, 0.2) is 48.7 Å². The zero-order chi connectivity index (χ0) is 33.1. The summed E-state index contributed by atoms with van der Waals surface area (Å²) in [5, 5.41) is 4.49. The smallest absolute Gasteiger partial charge is 0.447 e. The van der Waals surface area contributed by atoms with Crippen LogP contribution >= 0.6 is 27.5 Å². The van der Waals surface area contributed by atoms with Gasteiger partial charge < -0.3 is 4.74 Å². The molecule has 0 bridgehead atoms. The largest absolute Gasteiger partial charge is 0.510 e. The molecule has 0 saturated heterocycles. The summed E-state index contributed by atoms with van der Waals surface area (Å²) in [6, 6.07) is 8.62. The second-order valence-electron chi connectivity index (χ2n) is 9.35. The minimum Gasteiger partial charge on any atom is -0.447 e. The maximum absolute atomic E-state index is 14.0. The third-order valence-corrected chi connectivity index (χ3v) is 9.30. The lowest BCUT2D eigenvalue weighted by Gasteiger charge is -2.33. The molecule has 0 saturated carbocycles. The molecule has 0 aliphatic heterocycles. The van der Waals surface area contributed by atoms with Crippen LogP contribution in [-0.2, 0) is 43.3 Å². The molecule has 2 aromatic carbocycles. The van der Waals surface area contributed by atoms with E-state index in [1.165, 1.54) is 56.6 Å². The molecule has 0 fully saturated rings. The minimum atomic E-state index is -4.12. The summed E-state index contributed by atoms with van der Waals surface area (Å²) < 4.78 is 78.4. The van der Waals surface area contributed by atoms with E-state index in [2.05, 4.69) is 15.7 Å². The van der Waals surface area contributed by atoms with Crippen molar-refractivity contribution in [3.63, 3.8) is 0 Å². The number of nitrogens with one attached hydrogen (secondary N) is 2. The summed E-state index contributed by atoms with van der Waals surface area (Å²) in [6.07, 6.45) is -1.24. The molecule has 13 nitrogen and oxygen atoms in total. The Hall–Kier alpha value is -3.13. The van der Waals surface area contributed by atoms with Gasteiger partial charge >= 0.3 is 21.9 Å². The van der Waals surface area contributed by atoms with Gasteiger partial charge in [-0.25, -0.2) is 28.6 Å². The molecular weight excluding hydrogens is 660 g/mol. The van der Waals surface area contributed by atoms with Gasteiger partial charge in [-0.2, -0.15) is 0 Å². The van der Waals surface area contributed by atoms with Crippen LogP contribution in [0.1, 0.15) is 18.9 Å². The summed E-state index contributed by atoms with van der Waals surface area (Å²) in [5.74, 6) is -1.64. The number of hydrazine groups is 1. The molecule has 0 aliphatic carbocycles. The van der Waals surface area contributed by atoms with E-state index in [9.17, 15) is 27.5 Å². The maximum Gasteiger partial charge on any atom is 0.510 e. The number of halogens is 3. The number of nitrogens with zero attached hydrogens (tertiary/aromatic N) is 2. The van der Waals surface area contributed by atoms with Crippen molar-refractivity contribution in [1.82, 2.24) is 15.4 Å². The number of hydrogen-bond donors (Lipinski definition) is 2. The standard InChI is InChI=1S/C27H31ClF2N4O9P2/c1-17(35)34(32-14-19-6-5-7-24(30)26(19)28)22(12-23(16-44(37)39-2)43-45(38,40-3)41-4)15-42-27(36)33-25-11-20-10-21(29)9-8-18(20)13-31-25/h5-11,13,22-23,32H,12,14-16H2,1-4H3/p+1/t22-,23?/m0/s1. The third-order valence-electron chi connectivity index (χ3n) is 6.31. The number of phosphoric ester groups is 1. The van der Waals surface area contributed by atoms with Crippen LogP contribution in [0.4, 0.5) is 19.4 Å². The first-order valence-electron chi connectivity index (χ1n) is 13.2. The van der Waals surface area contributed by atoms with Crippen molar-refractivity contribution in [2.75, 3.05) is 39.4 Å². The highest BCUT2D eigenvalue weighted by Gasteiger charge is 2.37. The van der Waals surface area contributed by atoms with Crippen molar-refractivity contribution in [3.8, 4) is 0 Å². The first-order chi connectivity index (χ1) is 21.4. The molecule has 3 rings (SSSR count). The molecule has 244 valence electrons. The van der Waals surface area contributed by atoms with Gasteiger partial charge in [-0.15, -0.1) is 4.52 Å². The van der Waals surface area contributed by atoms with Gasteiger partial charge in [-0.05, 0) is 45.8 Å². The molecule has 1 aromatic heterocycles. The van der Waals surface area contributed by atoms with Crippen LogP contribution in [0.25, 0.3) is 10.8 Å². The Morgan fingerprint density at radius 2 is 1.84 bits per heavy atom. The highest BCUT2D eigenvalue weighted by molar-refractivity contribution is 7.48. The Balaban J connectivity index is 1.86. The maximum atomic E-state index is 14.0. The van der Waals surface area contributed by atoms with E-state index < -0.39 is 58.2 Å². The van der Waals surface area contributed by atoms with Crippen molar-refractivity contribution in [1.29, 1.82) is 0 Å². The van der Waals surface area contributed by atoms with Crippen LogP contribution in [-0.4, -0.2) is 68.2 Å². The fourth-order valence-corrected chi connectivity index (χ4v) is 5.99. The topological polar surface area (TPSA) is 155 Å². The van der Waals surface area contributed by atoms with Gasteiger partial charge in [0.05, 0.1) is 18.2 Å². The first kappa shape index (κ1) is 36.3. The molecule has 0 aliphatic rings. The summed E-state index contributed by atoms with van der Waals surface area (Å²) in [4.78, 5) is 29.7. The van der Waals surface area contributed by atoms with Crippen molar-refractivity contribution < 1.29 is 50.3 Å². The summed E-state index contributed by atoms with van der Waals surface area (Å²) in [7, 11) is -3.06. The number of phosphoric acid groups is 1. The number of rotatable bonds is 16. The van der Waals surface area contributed by atoms with Crippen molar-refractivity contribution in [2.45, 2.75) is 32.0 Å². The Morgan fingerprint density at radius 1 is 1.11 bits per heavy atom. The normalized spacial score (nSPS) is 13.3. The molecule has 18 heteroatoms. The van der Waals surface area contributed by atoms with E-state index in [0.29, 0.717) is 16.3 Å². The molecule has 3 atom stereocenters. The predicted molar refractivity (Wildman–Crippen MR) is 162 cm³/mol. The number of ether oxygens (including phenoxy) is 1. The molecule has 45 heavy (non-hydrogen) atoms. The number of anilines is 1. The Morgan fingerprint density at radius 3 is 2.51 bits per heavy atom. The SMILES string of the molecule is CO[P+](=O)CC(C[C@@H](COC(=O)Nc1cc2cc(F)ccc2cn1)N(NCc1cccc(F)c1Cl)C(C)=O)OP(=O)(OC)OC. The second kappa shape index (κ2) is 17.0. The van der Waals surface area contributed by atoms with Crippen molar-refractivity contribution in [3.05, 3.63) is 70.9 Å². The molecule has 1 heterocycles.